The first-order valence-corrected chi connectivity index (χ1v) is 5.67. The van der Waals surface area contributed by atoms with Crippen LogP contribution in [0.3, 0.4) is 0 Å². The topological polar surface area (TPSA) is 38.9 Å². The number of aromatic nitrogens is 1. The molecular weight excluding hydrogens is 240 g/mol. The van der Waals surface area contributed by atoms with E-state index in [0.29, 0.717) is 17.3 Å². The zero-order valence-corrected chi connectivity index (χ0v) is 10.1. The molecule has 0 aliphatic heterocycles. The third-order valence-electron chi connectivity index (χ3n) is 3.39. The first kappa shape index (κ1) is 10.1. The van der Waals surface area contributed by atoms with Crippen LogP contribution in [-0.2, 0) is 0 Å². The van der Waals surface area contributed by atoms with Crippen LogP contribution in [0.2, 0.25) is 0 Å². The summed E-state index contributed by atoms with van der Waals surface area (Å²) < 4.78 is 1.05. The first-order chi connectivity index (χ1) is 6.57. The highest BCUT2D eigenvalue weighted by molar-refractivity contribution is 9.10. The average molecular weight is 255 g/mol. The Morgan fingerprint density at radius 2 is 2.21 bits per heavy atom. The molecule has 76 valence electrons. The molecule has 1 saturated carbocycles. The molecule has 1 aliphatic rings. The molecule has 0 spiro atoms. The predicted molar refractivity (Wildman–Crippen MR) is 61.0 cm³/mol. The predicted octanol–water partition coefficient (Wildman–Crippen LogP) is 2.54. The van der Waals surface area contributed by atoms with Crippen molar-refractivity contribution in [2.75, 3.05) is 6.54 Å². The SMILES string of the molecule is CC1(C)[C@@H](CN)[C@@H]1c1cncc(Br)c1. The Bertz CT molecular complexity index is 349. The number of rotatable bonds is 2. The van der Waals surface area contributed by atoms with Crippen molar-refractivity contribution in [3.05, 3.63) is 28.5 Å². The third-order valence-corrected chi connectivity index (χ3v) is 3.82. The van der Waals surface area contributed by atoms with E-state index in [9.17, 15) is 0 Å². The zero-order valence-electron chi connectivity index (χ0n) is 8.50. The van der Waals surface area contributed by atoms with Gasteiger partial charge in [-0.1, -0.05) is 13.8 Å². The van der Waals surface area contributed by atoms with Gasteiger partial charge in [0.1, 0.15) is 0 Å². The van der Waals surface area contributed by atoms with E-state index in [4.69, 9.17) is 5.73 Å². The lowest BCUT2D eigenvalue weighted by Gasteiger charge is -2.02. The van der Waals surface area contributed by atoms with Gasteiger partial charge in [0.15, 0.2) is 0 Å². The van der Waals surface area contributed by atoms with E-state index in [0.717, 1.165) is 11.0 Å². The van der Waals surface area contributed by atoms with E-state index in [1.54, 1.807) is 0 Å². The van der Waals surface area contributed by atoms with Crippen molar-refractivity contribution in [1.82, 2.24) is 4.98 Å². The number of nitrogens with zero attached hydrogens (tertiary/aromatic N) is 1. The molecule has 2 nitrogen and oxygen atoms in total. The molecule has 0 radical (unpaired) electrons. The average Bonchev–Trinajstić information content (AvgIpc) is 2.68. The molecule has 0 unspecified atom stereocenters. The van der Waals surface area contributed by atoms with E-state index in [2.05, 4.69) is 40.8 Å². The Kier molecular flexibility index (Phi) is 2.40. The van der Waals surface area contributed by atoms with Gasteiger partial charge in [-0.15, -0.1) is 0 Å². The number of hydrogen-bond acceptors (Lipinski definition) is 2. The molecule has 0 amide bonds. The molecule has 1 heterocycles. The highest BCUT2D eigenvalue weighted by Crippen LogP contribution is 2.63. The Balaban J connectivity index is 2.26. The van der Waals surface area contributed by atoms with Gasteiger partial charge in [0.05, 0.1) is 0 Å². The Morgan fingerprint density at radius 1 is 1.50 bits per heavy atom. The molecule has 2 rings (SSSR count). The molecule has 1 aromatic heterocycles. The van der Waals surface area contributed by atoms with Gasteiger partial charge in [0, 0.05) is 16.9 Å². The number of halogens is 1. The van der Waals surface area contributed by atoms with Gasteiger partial charge in [-0.05, 0) is 51.4 Å². The van der Waals surface area contributed by atoms with Crippen LogP contribution in [0.1, 0.15) is 25.3 Å². The van der Waals surface area contributed by atoms with Gasteiger partial charge in [0.25, 0.3) is 0 Å². The lowest BCUT2D eigenvalue weighted by atomic mass is 10.1. The molecule has 1 aromatic rings. The minimum Gasteiger partial charge on any atom is -0.330 e. The summed E-state index contributed by atoms with van der Waals surface area (Å²) >= 11 is 3.44. The third kappa shape index (κ3) is 1.48. The van der Waals surface area contributed by atoms with Gasteiger partial charge in [-0.2, -0.15) is 0 Å². The number of nitrogens with two attached hydrogens (primary N) is 1. The molecular formula is C11H15BrN2. The van der Waals surface area contributed by atoms with Crippen LogP contribution < -0.4 is 5.73 Å². The van der Waals surface area contributed by atoms with Crippen molar-refractivity contribution >= 4 is 15.9 Å². The van der Waals surface area contributed by atoms with Gasteiger partial charge in [-0.25, -0.2) is 0 Å². The maximum Gasteiger partial charge on any atom is 0.0410 e. The second-order valence-corrected chi connectivity index (χ2v) is 5.49. The van der Waals surface area contributed by atoms with E-state index in [1.165, 1.54) is 5.56 Å². The summed E-state index contributed by atoms with van der Waals surface area (Å²) in [5.74, 6) is 1.19. The maximum absolute atomic E-state index is 5.74. The molecule has 2 atom stereocenters. The fourth-order valence-corrected chi connectivity index (χ4v) is 2.83. The van der Waals surface area contributed by atoms with Crippen LogP contribution >= 0.6 is 15.9 Å². The monoisotopic (exact) mass is 254 g/mol. The summed E-state index contributed by atoms with van der Waals surface area (Å²) in [4.78, 5) is 4.19. The second kappa shape index (κ2) is 3.31. The van der Waals surface area contributed by atoms with Crippen LogP contribution in [0.15, 0.2) is 22.9 Å². The van der Waals surface area contributed by atoms with Crippen LogP contribution in [0.4, 0.5) is 0 Å². The molecule has 1 aliphatic carbocycles. The van der Waals surface area contributed by atoms with Crippen molar-refractivity contribution < 1.29 is 0 Å². The largest absolute Gasteiger partial charge is 0.330 e. The summed E-state index contributed by atoms with van der Waals surface area (Å²) in [5.41, 5.74) is 7.39. The number of hydrogen-bond donors (Lipinski definition) is 1. The molecule has 0 saturated heterocycles. The summed E-state index contributed by atoms with van der Waals surface area (Å²) in [5, 5.41) is 0. The highest BCUT2D eigenvalue weighted by Gasteiger charge is 2.57. The standard InChI is InChI=1S/C11H15BrN2/c1-11(2)9(4-13)10(11)7-3-8(12)6-14-5-7/h3,5-6,9-10H,4,13H2,1-2H3/t9-,10-/m0/s1. The minimum absolute atomic E-state index is 0.344. The molecule has 2 N–H and O–H groups in total. The van der Waals surface area contributed by atoms with Crippen molar-refractivity contribution in [2.24, 2.45) is 17.1 Å². The maximum atomic E-state index is 5.74. The number of pyridine rings is 1. The molecule has 3 heteroatoms. The Labute approximate surface area is 93.0 Å². The summed E-state index contributed by atoms with van der Waals surface area (Å²) in [7, 11) is 0. The lowest BCUT2D eigenvalue weighted by molar-refractivity contribution is 0.558. The van der Waals surface area contributed by atoms with Crippen molar-refractivity contribution in [1.29, 1.82) is 0 Å². The first-order valence-electron chi connectivity index (χ1n) is 4.88. The van der Waals surface area contributed by atoms with Crippen LogP contribution in [-0.4, -0.2) is 11.5 Å². The highest BCUT2D eigenvalue weighted by atomic mass is 79.9. The molecule has 14 heavy (non-hydrogen) atoms. The molecule has 0 aromatic carbocycles. The van der Waals surface area contributed by atoms with Crippen LogP contribution in [0, 0.1) is 11.3 Å². The fourth-order valence-electron chi connectivity index (χ4n) is 2.44. The van der Waals surface area contributed by atoms with Gasteiger partial charge < -0.3 is 5.73 Å². The summed E-state index contributed by atoms with van der Waals surface area (Å²) in [6, 6.07) is 2.15. The van der Waals surface area contributed by atoms with Crippen molar-refractivity contribution in [2.45, 2.75) is 19.8 Å². The van der Waals surface area contributed by atoms with Crippen molar-refractivity contribution in [3.63, 3.8) is 0 Å². The normalized spacial score (nSPS) is 28.9. The van der Waals surface area contributed by atoms with E-state index in [1.807, 2.05) is 12.4 Å². The van der Waals surface area contributed by atoms with Gasteiger partial charge in [0.2, 0.25) is 0 Å². The van der Waals surface area contributed by atoms with E-state index < -0.39 is 0 Å². The second-order valence-electron chi connectivity index (χ2n) is 4.58. The van der Waals surface area contributed by atoms with Gasteiger partial charge in [-0.3, -0.25) is 4.98 Å². The molecule has 0 bridgehead atoms. The van der Waals surface area contributed by atoms with Gasteiger partial charge >= 0.3 is 0 Å². The zero-order chi connectivity index (χ0) is 10.3. The van der Waals surface area contributed by atoms with E-state index in [-0.39, 0.29) is 0 Å². The van der Waals surface area contributed by atoms with Crippen molar-refractivity contribution in [3.8, 4) is 0 Å². The summed E-state index contributed by atoms with van der Waals surface area (Å²) in [6.07, 6.45) is 3.77. The fraction of sp³-hybridized carbons (Fsp3) is 0.545. The van der Waals surface area contributed by atoms with Crippen LogP contribution in [0.5, 0.6) is 0 Å². The Morgan fingerprint density at radius 3 is 2.71 bits per heavy atom. The summed E-state index contributed by atoms with van der Waals surface area (Å²) in [6.45, 7) is 5.32. The quantitative estimate of drug-likeness (QED) is 0.881. The lowest BCUT2D eigenvalue weighted by Crippen LogP contribution is -2.05. The Hall–Kier alpha value is -0.410. The molecule has 1 fully saturated rings. The minimum atomic E-state index is 0.344. The smallest absolute Gasteiger partial charge is 0.0410 e. The van der Waals surface area contributed by atoms with E-state index >= 15 is 0 Å². The van der Waals surface area contributed by atoms with Crippen LogP contribution in [0.25, 0.3) is 0 Å².